The summed E-state index contributed by atoms with van der Waals surface area (Å²) in [6.07, 6.45) is -3.31. The summed E-state index contributed by atoms with van der Waals surface area (Å²) in [5.41, 5.74) is -0.956. The van der Waals surface area contributed by atoms with E-state index >= 15 is 0 Å². The third kappa shape index (κ3) is 3.15. The number of anilines is 1. The molecule has 1 aliphatic rings. The van der Waals surface area contributed by atoms with Crippen LogP contribution in [0.4, 0.5) is 19.0 Å². The number of alkyl halides is 3. The molecule has 1 saturated heterocycles. The minimum absolute atomic E-state index is 0.181. The van der Waals surface area contributed by atoms with Crippen molar-refractivity contribution in [1.82, 2.24) is 4.98 Å². The van der Waals surface area contributed by atoms with Gasteiger partial charge in [0.2, 0.25) is 0 Å². The number of hydrogen-bond acceptors (Lipinski definition) is 3. The van der Waals surface area contributed by atoms with E-state index in [9.17, 15) is 18.0 Å². The van der Waals surface area contributed by atoms with Gasteiger partial charge in [0.1, 0.15) is 11.5 Å². The SMILES string of the molecule is O=C(O)C1CCCN(c2cccc(C(F)(F)F)n2)C1. The van der Waals surface area contributed by atoms with Crippen LogP contribution < -0.4 is 4.90 Å². The second kappa shape index (κ2) is 5.07. The van der Waals surface area contributed by atoms with Crippen LogP contribution in [0.1, 0.15) is 18.5 Å². The van der Waals surface area contributed by atoms with Gasteiger partial charge in [-0.25, -0.2) is 4.98 Å². The van der Waals surface area contributed by atoms with Gasteiger partial charge < -0.3 is 10.0 Å². The van der Waals surface area contributed by atoms with Crippen molar-refractivity contribution in [2.75, 3.05) is 18.0 Å². The highest BCUT2D eigenvalue weighted by Gasteiger charge is 2.33. The fraction of sp³-hybridized carbons (Fsp3) is 0.500. The number of carboxylic acids is 1. The summed E-state index contributed by atoms with van der Waals surface area (Å²) in [5, 5.41) is 8.96. The van der Waals surface area contributed by atoms with Gasteiger partial charge in [0.05, 0.1) is 5.92 Å². The predicted molar refractivity (Wildman–Crippen MR) is 61.8 cm³/mol. The van der Waals surface area contributed by atoms with Gasteiger partial charge in [-0.2, -0.15) is 13.2 Å². The number of hydrogen-bond donors (Lipinski definition) is 1. The van der Waals surface area contributed by atoms with Crippen LogP contribution >= 0.6 is 0 Å². The summed E-state index contributed by atoms with van der Waals surface area (Å²) < 4.78 is 37.7. The molecule has 104 valence electrons. The van der Waals surface area contributed by atoms with Crippen molar-refractivity contribution in [3.8, 4) is 0 Å². The van der Waals surface area contributed by atoms with Crippen LogP contribution in [-0.4, -0.2) is 29.1 Å². The second-order valence-electron chi connectivity index (χ2n) is 4.50. The Hall–Kier alpha value is -1.79. The molecule has 1 N–H and O–H groups in total. The van der Waals surface area contributed by atoms with Gasteiger partial charge in [-0.05, 0) is 25.0 Å². The molecule has 4 nitrogen and oxygen atoms in total. The molecule has 2 heterocycles. The first-order chi connectivity index (χ1) is 8.88. The van der Waals surface area contributed by atoms with Gasteiger partial charge in [0.15, 0.2) is 0 Å². The lowest BCUT2D eigenvalue weighted by Gasteiger charge is -2.31. The summed E-state index contributed by atoms with van der Waals surface area (Å²) in [7, 11) is 0. The number of aliphatic carboxylic acids is 1. The van der Waals surface area contributed by atoms with Gasteiger partial charge in [0.25, 0.3) is 0 Å². The maximum Gasteiger partial charge on any atom is 0.433 e. The van der Waals surface area contributed by atoms with E-state index in [1.54, 1.807) is 4.90 Å². The number of rotatable bonds is 2. The van der Waals surface area contributed by atoms with Crippen molar-refractivity contribution in [3.63, 3.8) is 0 Å². The zero-order valence-corrected chi connectivity index (χ0v) is 10.0. The van der Waals surface area contributed by atoms with Crippen LogP contribution in [0.5, 0.6) is 0 Å². The summed E-state index contributed by atoms with van der Waals surface area (Å²) in [6, 6.07) is 3.66. The molecule has 1 unspecified atom stereocenters. The number of carbonyl (C=O) groups is 1. The molecule has 0 aromatic carbocycles. The lowest BCUT2D eigenvalue weighted by Crippen LogP contribution is -2.39. The molecule has 1 aromatic rings. The average Bonchev–Trinajstić information content (AvgIpc) is 2.38. The maximum absolute atomic E-state index is 12.6. The smallest absolute Gasteiger partial charge is 0.433 e. The first-order valence-corrected chi connectivity index (χ1v) is 5.90. The number of aromatic nitrogens is 1. The van der Waals surface area contributed by atoms with Gasteiger partial charge in [0, 0.05) is 13.1 Å². The molecule has 7 heteroatoms. The summed E-state index contributed by atoms with van der Waals surface area (Å²) in [4.78, 5) is 16.1. The van der Waals surface area contributed by atoms with Crippen LogP contribution in [0.15, 0.2) is 18.2 Å². The fourth-order valence-electron chi connectivity index (χ4n) is 2.14. The number of nitrogens with zero attached hydrogens (tertiary/aromatic N) is 2. The number of piperidine rings is 1. The van der Waals surface area contributed by atoms with Gasteiger partial charge >= 0.3 is 12.1 Å². The highest BCUT2D eigenvalue weighted by molar-refractivity contribution is 5.71. The molecule has 0 saturated carbocycles. The van der Waals surface area contributed by atoms with E-state index in [0.29, 0.717) is 19.4 Å². The minimum Gasteiger partial charge on any atom is -0.481 e. The Morgan fingerprint density at radius 3 is 2.79 bits per heavy atom. The molecule has 0 spiro atoms. The van der Waals surface area contributed by atoms with Crippen molar-refractivity contribution in [2.24, 2.45) is 5.92 Å². The fourth-order valence-corrected chi connectivity index (χ4v) is 2.14. The molecule has 0 amide bonds. The molecule has 0 aliphatic carbocycles. The van der Waals surface area contributed by atoms with Crippen LogP contribution in [0.2, 0.25) is 0 Å². The number of halogens is 3. The standard InChI is InChI=1S/C12H13F3N2O2/c13-12(14,15)9-4-1-5-10(16-9)17-6-2-3-8(7-17)11(18)19/h1,4-5,8H,2-3,6-7H2,(H,18,19). The van der Waals surface area contributed by atoms with Crippen LogP contribution in [0.25, 0.3) is 0 Å². The Morgan fingerprint density at radius 1 is 1.42 bits per heavy atom. The summed E-state index contributed by atoms with van der Waals surface area (Å²) in [5.74, 6) is -1.29. The number of pyridine rings is 1. The Kier molecular flexibility index (Phi) is 3.64. The zero-order valence-electron chi connectivity index (χ0n) is 10.0. The molecule has 1 atom stereocenters. The molecule has 1 fully saturated rings. The first-order valence-electron chi connectivity index (χ1n) is 5.90. The highest BCUT2D eigenvalue weighted by atomic mass is 19.4. The third-order valence-electron chi connectivity index (χ3n) is 3.12. The summed E-state index contributed by atoms with van der Waals surface area (Å²) in [6.45, 7) is 0.724. The molecule has 0 radical (unpaired) electrons. The molecular formula is C12H13F3N2O2. The van der Waals surface area contributed by atoms with Crippen LogP contribution in [0, 0.1) is 5.92 Å². The normalized spacial score (nSPS) is 20.4. The first kappa shape index (κ1) is 13.6. The Morgan fingerprint density at radius 2 is 2.16 bits per heavy atom. The highest BCUT2D eigenvalue weighted by Crippen LogP contribution is 2.30. The molecule has 19 heavy (non-hydrogen) atoms. The van der Waals surface area contributed by atoms with Crippen LogP contribution in [0.3, 0.4) is 0 Å². The molecular weight excluding hydrogens is 261 g/mol. The molecule has 2 rings (SSSR count). The molecule has 1 aliphatic heterocycles. The van der Waals surface area contributed by atoms with E-state index in [2.05, 4.69) is 4.98 Å². The van der Waals surface area contributed by atoms with E-state index < -0.39 is 23.8 Å². The maximum atomic E-state index is 12.6. The molecule has 1 aromatic heterocycles. The lowest BCUT2D eigenvalue weighted by atomic mass is 9.98. The van der Waals surface area contributed by atoms with Gasteiger partial charge in [-0.15, -0.1) is 0 Å². The largest absolute Gasteiger partial charge is 0.481 e. The average molecular weight is 274 g/mol. The van der Waals surface area contributed by atoms with Crippen LogP contribution in [-0.2, 0) is 11.0 Å². The Labute approximate surface area is 107 Å². The lowest BCUT2D eigenvalue weighted by molar-refractivity contribution is -0.142. The van der Waals surface area contributed by atoms with Crippen molar-refractivity contribution in [2.45, 2.75) is 19.0 Å². The minimum atomic E-state index is -4.49. The van der Waals surface area contributed by atoms with E-state index in [1.807, 2.05) is 0 Å². The van der Waals surface area contributed by atoms with E-state index in [4.69, 9.17) is 5.11 Å². The van der Waals surface area contributed by atoms with Crippen molar-refractivity contribution < 1.29 is 23.1 Å². The second-order valence-corrected chi connectivity index (χ2v) is 4.50. The van der Waals surface area contributed by atoms with E-state index in [0.717, 1.165) is 6.07 Å². The van der Waals surface area contributed by atoms with Gasteiger partial charge in [-0.1, -0.05) is 6.07 Å². The Bertz CT molecular complexity index is 476. The zero-order chi connectivity index (χ0) is 14.0. The topological polar surface area (TPSA) is 53.4 Å². The van der Waals surface area contributed by atoms with Crippen molar-refractivity contribution >= 4 is 11.8 Å². The quantitative estimate of drug-likeness (QED) is 0.899. The monoisotopic (exact) mass is 274 g/mol. The summed E-state index contributed by atoms with van der Waals surface area (Å²) >= 11 is 0. The van der Waals surface area contributed by atoms with Crippen molar-refractivity contribution in [1.29, 1.82) is 0 Å². The van der Waals surface area contributed by atoms with Gasteiger partial charge in [-0.3, -0.25) is 4.79 Å². The van der Waals surface area contributed by atoms with Crippen molar-refractivity contribution in [3.05, 3.63) is 23.9 Å². The number of carboxylic acid groups (broad SMARTS) is 1. The van der Waals surface area contributed by atoms with E-state index in [1.165, 1.54) is 12.1 Å². The Balaban J connectivity index is 2.20. The predicted octanol–water partition coefficient (Wildman–Crippen LogP) is 2.40. The third-order valence-corrected chi connectivity index (χ3v) is 3.12. The molecule has 0 bridgehead atoms. The van der Waals surface area contributed by atoms with E-state index in [-0.39, 0.29) is 12.4 Å².